The van der Waals surface area contributed by atoms with E-state index < -0.39 is 0 Å². The van der Waals surface area contributed by atoms with Gasteiger partial charge in [0.2, 0.25) is 0 Å². The van der Waals surface area contributed by atoms with Crippen molar-refractivity contribution in [1.29, 1.82) is 0 Å². The fraction of sp³-hybridized carbons (Fsp3) is 0.333. The quantitative estimate of drug-likeness (QED) is 0.676. The fourth-order valence-corrected chi connectivity index (χ4v) is 4.78. The van der Waals surface area contributed by atoms with Gasteiger partial charge in [-0.3, -0.25) is 0 Å². The van der Waals surface area contributed by atoms with E-state index in [1.165, 1.54) is 16.9 Å². The van der Waals surface area contributed by atoms with Crippen LogP contribution < -0.4 is 11.1 Å². The molecular weight excluding hydrogens is 320 g/mol. The van der Waals surface area contributed by atoms with Crippen molar-refractivity contribution in [2.24, 2.45) is 11.7 Å². The van der Waals surface area contributed by atoms with Gasteiger partial charge in [0.25, 0.3) is 0 Å². The van der Waals surface area contributed by atoms with Crippen LogP contribution in [0.5, 0.6) is 5.75 Å². The van der Waals surface area contributed by atoms with Gasteiger partial charge >= 0.3 is 0 Å². The number of anilines is 2. The van der Waals surface area contributed by atoms with Gasteiger partial charge in [0.15, 0.2) is 0 Å². The average molecular weight is 340 g/mol. The summed E-state index contributed by atoms with van der Waals surface area (Å²) >= 11 is 1.78. The predicted octanol–water partition coefficient (Wildman–Crippen LogP) is 3.59. The molecule has 124 valence electrons. The Bertz CT molecular complexity index is 877. The third kappa shape index (κ3) is 2.83. The number of rotatable bonds is 4. The molecule has 3 aromatic rings. The minimum Gasteiger partial charge on any atom is -0.508 e. The van der Waals surface area contributed by atoms with Gasteiger partial charge in [-0.2, -0.15) is 0 Å². The van der Waals surface area contributed by atoms with E-state index in [0.717, 1.165) is 47.5 Å². The van der Waals surface area contributed by atoms with Gasteiger partial charge in [-0.25, -0.2) is 9.97 Å². The maximum Gasteiger partial charge on any atom is 0.142 e. The molecule has 0 aliphatic heterocycles. The van der Waals surface area contributed by atoms with Crippen LogP contribution in [0.3, 0.4) is 0 Å². The molecule has 2 heterocycles. The largest absolute Gasteiger partial charge is 0.508 e. The number of phenolic OH excluding ortho intramolecular Hbond substituents is 1. The topological polar surface area (TPSA) is 84.1 Å². The molecule has 0 fully saturated rings. The summed E-state index contributed by atoms with van der Waals surface area (Å²) in [6, 6.07) is 7.09. The van der Waals surface area contributed by atoms with Crippen LogP contribution in [0.1, 0.15) is 23.3 Å². The minimum absolute atomic E-state index is 0.238. The van der Waals surface area contributed by atoms with Crippen molar-refractivity contribution >= 4 is 33.1 Å². The zero-order valence-corrected chi connectivity index (χ0v) is 14.1. The number of hydrogen-bond donors (Lipinski definition) is 3. The summed E-state index contributed by atoms with van der Waals surface area (Å²) in [5, 5.41) is 14.1. The average Bonchev–Trinajstić information content (AvgIpc) is 2.94. The number of nitrogens with zero attached hydrogens (tertiary/aromatic N) is 2. The summed E-state index contributed by atoms with van der Waals surface area (Å²) in [7, 11) is 0. The van der Waals surface area contributed by atoms with Crippen LogP contribution in [0.4, 0.5) is 11.5 Å². The van der Waals surface area contributed by atoms with E-state index in [1.54, 1.807) is 29.8 Å². The fourth-order valence-electron chi connectivity index (χ4n) is 3.48. The standard InChI is InChI=1S/C18H20N4OS/c19-7-6-11-4-5-14-15(8-11)24-18-16(14)17(20-10-21-18)22-12-2-1-3-13(23)9-12/h1-3,9-11,23H,4-8,19H2,(H,20,21,22). The molecule has 5 nitrogen and oxygen atoms in total. The third-order valence-corrected chi connectivity index (χ3v) is 5.79. The molecule has 0 saturated heterocycles. The van der Waals surface area contributed by atoms with E-state index in [-0.39, 0.29) is 5.75 Å². The molecule has 0 spiro atoms. The molecule has 1 atom stereocenters. The Kier molecular flexibility index (Phi) is 4.08. The number of aryl methyl sites for hydroxylation is 1. The zero-order valence-electron chi connectivity index (χ0n) is 13.3. The molecule has 2 aromatic heterocycles. The van der Waals surface area contributed by atoms with Crippen molar-refractivity contribution in [1.82, 2.24) is 9.97 Å². The normalized spacial score (nSPS) is 17.0. The molecule has 1 aromatic carbocycles. The van der Waals surface area contributed by atoms with Gasteiger partial charge < -0.3 is 16.2 Å². The molecular formula is C18H20N4OS. The lowest BCUT2D eigenvalue weighted by Gasteiger charge is -2.21. The number of fused-ring (bicyclic) bond motifs is 3. The summed E-state index contributed by atoms with van der Waals surface area (Å²) in [4.78, 5) is 11.4. The van der Waals surface area contributed by atoms with Gasteiger partial charge in [-0.1, -0.05) is 6.07 Å². The molecule has 0 saturated carbocycles. The second-order valence-corrected chi connectivity index (χ2v) is 7.35. The summed E-state index contributed by atoms with van der Waals surface area (Å²) in [6.45, 7) is 0.759. The maximum atomic E-state index is 9.66. The van der Waals surface area contributed by atoms with Crippen molar-refractivity contribution < 1.29 is 5.11 Å². The third-order valence-electron chi connectivity index (χ3n) is 4.63. The highest BCUT2D eigenvalue weighted by Crippen LogP contribution is 2.41. The molecule has 0 bridgehead atoms. The van der Waals surface area contributed by atoms with E-state index in [1.807, 2.05) is 12.1 Å². The van der Waals surface area contributed by atoms with Crippen LogP contribution in [0, 0.1) is 5.92 Å². The van der Waals surface area contributed by atoms with E-state index in [4.69, 9.17) is 5.73 Å². The second-order valence-electron chi connectivity index (χ2n) is 6.27. The van der Waals surface area contributed by atoms with E-state index in [0.29, 0.717) is 5.92 Å². The predicted molar refractivity (Wildman–Crippen MR) is 98.0 cm³/mol. The highest BCUT2D eigenvalue weighted by atomic mass is 32.1. The first kappa shape index (κ1) is 15.4. The van der Waals surface area contributed by atoms with Crippen molar-refractivity contribution in [3.05, 3.63) is 41.0 Å². The van der Waals surface area contributed by atoms with E-state index in [9.17, 15) is 5.11 Å². The van der Waals surface area contributed by atoms with E-state index >= 15 is 0 Å². The van der Waals surface area contributed by atoms with Crippen molar-refractivity contribution in [3.8, 4) is 5.75 Å². The first-order chi connectivity index (χ1) is 11.7. The lowest BCUT2D eigenvalue weighted by Crippen LogP contribution is -2.16. The Morgan fingerprint density at radius 3 is 3.08 bits per heavy atom. The molecule has 6 heteroatoms. The Morgan fingerprint density at radius 1 is 1.33 bits per heavy atom. The summed E-state index contributed by atoms with van der Waals surface area (Å²) < 4.78 is 0. The Labute approximate surface area is 144 Å². The molecule has 24 heavy (non-hydrogen) atoms. The van der Waals surface area contributed by atoms with Gasteiger partial charge in [-0.05, 0) is 55.8 Å². The summed E-state index contributed by atoms with van der Waals surface area (Å²) in [5.74, 6) is 1.74. The first-order valence-electron chi connectivity index (χ1n) is 8.26. The minimum atomic E-state index is 0.238. The Morgan fingerprint density at radius 2 is 2.25 bits per heavy atom. The number of benzene rings is 1. The highest BCUT2D eigenvalue weighted by Gasteiger charge is 2.24. The summed E-state index contributed by atoms with van der Waals surface area (Å²) in [6.07, 6.45) is 6.03. The molecule has 0 amide bonds. The zero-order chi connectivity index (χ0) is 16.5. The molecule has 1 aliphatic carbocycles. The number of aromatic hydroxyl groups is 1. The number of nitrogens with two attached hydrogens (primary N) is 1. The van der Waals surface area contributed by atoms with Crippen molar-refractivity contribution in [2.75, 3.05) is 11.9 Å². The second kappa shape index (κ2) is 6.37. The van der Waals surface area contributed by atoms with Gasteiger partial charge in [0, 0.05) is 16.6 Å². The Balaban J connectivity index is 1.72. The van der Waals surface area contributed by atoms with Gasteiger partial charge in [-0.15, -0.1) is 11.3 Å². The SMILES string of the molecule is NCCC1CCc2c(sc3ncnc(Nc4cccc(O)c4)c23)C1. The number of phenols is 1. The van der Waals surface area contributed by atoms with Gasteiger partial charge in [0.1, 0.15) is 22.7 Å². The molecule has 0 radical (unpaired) electrons. The number of aromatic nitrogens is 2. The number of hydrogen-bond acceptors (Lipinski definition) is 6. The van der Waals surface area contributed by atoms with Crippen LogP contribution in [-0.2, 0) is 12.8 Å². The lowest BCUT2D eigenvalue weighted by molar-refractivity contribution is 0.439. The Hall–Kier alpha value is -2.18. The van der Waals surface area contributed by atoms with Crippen LogP contribution in [0.25, 0.3) is 10.2 Å². The van der Waals surface area contributed by atoms with Gasteiger partial charge in [0.05, 0.1) is 5.39 Å². The maximum absolute atomic E-state index is 9.66. The highest BCUT2D eigenvalue weighted by molar-refractivity contribution is 7.19. The molecule has 1 aliphatic rings. The smallest absolute Gasteiger partial charge is 0.142 e. The van der Waals surface area contributed by atoms with E-state index in [2.05, 4.69) is 15.3 Å². The monoisotopic (exact) mass is 340 g/mol. The number of nitrogens with one attached hydrogen (secondary N) is 1. The van der Waals surface area contributed by atoms with Crippen LogP contribution in [0.2, 0.25) is 0 Å². The lowest BCUT2D eigenvalue weighted by atomic mass is 9.86. The summed E-state index contributed by atoms with van der Waals surface area (Å²) in [5.41, 5.74) is 7.93. The first-order valence-corrected chi connectivity index (χ1v) is 9.07. The molecule has 4 N–H and O–H groups in total. The van der Waals surface area contributed by atoms with Crippen LogP contribution >= 0.6 is 11.3 Å². The van der Waals surface area contributed by atoms with Crippen LogP contribution in [-0.4, -0.2) is 21.6 Å². The van der Waals surface area contributed by atoms with Crippen molar-refractivity contribution in [2.45, 2.75) is 25.7 Å². The molecule has 4 rings (SSSR count). The van der Waals surface area contributed by atoms with Crippen LogP contribution in [0.15, 0.2) is 30.6 Å². The van der Waals surface area contributed by atoms with Crippen molar-refractivity contribution in [3.63, 3.8) is 0 Å². The number of thiophene rings is 1. The molecule has 1 unspecified atom stereocenters.